The quantitative estimate of drug-likeness (QED) is 0.253. The molecule has 1 heterocycles. The van der Waals surface area contributed by atoms with Gasteiger partial charge in [0.15, 0.2) is 0 Å². The number of rotatable bonds is 9. The van der Waals surface area contributed by atoms with Crippen LogP contribution in [0.5, 0.6) is 11.5 Å². The minimum atomic E-state index is -0.817. The molecule has 33 heavy (non-hydrogen) atoms. The van der Waals surface area contributed by atoms with E-state index in [1.54, 1.807) is 37.4 Å². The number of aliphatic hydroxyl groups excluding tert-OH is 1. The van der Waals surface area contributed by atoms with E-state index in [9.17, 15) is 19.8 Å². The highest BCUT2D eigenvalue weighted by Crippen LogP contribution is 2.41. The van der Waals surface area contributed by atoms with Crippen LogP contribution in [0.15, 0.2) is 48.0 Å². The van der Waals surface area contributed by atoms with Gasteiger partial charge in [0.25, 0.3) is 11.7 Å². The van der Waals surface area contributed by atoms with Gasteiger partial charge in [0, 0.05) is 25.8 Å². The van der Waals surface area contributed by atoms with Crippen LogP contribution in [0.2, 0.25) is 0 Å². The number of benzene rings is 2. The maximum absolute atomic E-state index is 13.1. The van der Waals surface area contributed by atoms with Gasteiger partial charge >= 0.3 is 0 Å². The second kappa shape index (κ2) is 10.5. The lowest BCUT2D eigenvalue weighted by molar-refractivity contribution is -0.140. The van der Waals surface area contributed by atoms with E-state index in [-0.39, 0.29) is 29.5 Å². The smallest absolute Gasteiger partial charge is 0.295 e. The number of methoxy groups -OCH3 is 1. The predicted molar refractivity (Wildman–Crippen MR) is 125 cm³/mol. The van der Waals surface area contributed by atoms with Crippen LogP contribution in [0.1, 0.15) is 55.8 Å². The van der Waals surface area contributed by atoms with Gasteiger partial charge in [-0.15, -0.1) is 0 Å². The molecule has 1 aliphatic rings. The minimum Gasteiger partial charge on any atom is -0.508 e. The molecule has 0 saturated carbocycles. The Bertz CT molecular complexity index is 1060. The summed E-state index contributed by atoms with van der Waals surface area (Å²) in [5.74, 6) is -0.834. The molecule has 0 aromatic heterocycles. The zero-order chi connectivity index (χ0) is 24.1. The summed E-state index contributed by atoms with van der Waals surface area (Å²) >= 11 is 0. The topological polar surface area (TPSA) is 96.3 Å². The van der Waals surface area contributed by atoms with E-state index in [1.165, 1.54) is 17.0 Å². The van der Waals surface area contributed by atoms with Crippen molar-refractivity contribution in [2.24, 2.45) is 0 Å². The van der Waals surface area contributed by atoms with Gasteiger partial charge in [0.1, 0.15) is 17.3 Å². The summed E-state index contributed by atoms with van der Waals surface area (Å²) in [4.78, 5) is 27.5. The number of hydrogen-bond donors (Lipinski definition) is 2. The summed E-state index contributed by atoms with van der Waals surface area (Å²) in [5.41, 5.74) is 1.87. The molecule has 1 unspecified atom stereocenters. The SMILES string of the molecule is CCOc1ccc(/C(O)=C2/C(=O)C(=O)N(CCCOC)C2c2cccc(O)c2)cc1C(C)C. The highest BCUT2D eigenvalue weighted by atomic mass is 16.5. The molecule has 1 aliphatic heterocycles. The highest BCUT2D eigenvalue weighted by Gasteiger charge is 2.45. The third kappa shape index (κ3) is 5.03. The van der Waals surface area contributed by atoms with E-state index in [1.807, 2.05) is 20.8 Å². The molecule has 7 nitrogen and oxygen atoms in total. The third-order valence-electron chi connectivity index (χ3n) is 5.68. The highest BCUT2D eigenvalue weighted by molar-refractivity contribution is 6.46. The average Bonchev–Trinajstić information content (AvgIpc) is 3.04. The zero-order valence-electron chi connectivity index (χ0n) is 19.5. The molecule has 0 bridgehead atoms. The van der Waals surface area contributed by atoms with Crippen LogP contribution in [0, 0.1) is 0 Å². The molecule has 7 heteroatoms. The van der Waals surface area contributed by atoms with Gasteiger partial charge in [-0.2, -0.15) is 0 Å². The Kier molecular flexibility index (Phi) is 7.76. The first-order chi connectivity index (χ1) is 15.8. The third-order valence-corrected chi connectivity index (χ3v) is 5.68. The van der Waals surface area contributed by atoms with Crippen LogP contribution in [-0.4, -0.2) is 53.7 Å². The molecule has 176 valence electrons. The van der Waals surface area contributed by atoms with E-state index in [0.717, 1.165) is 5.56 Å². The van der Waals surface area contributed by atoms with Gasteiger partial charge in [-0.3, -0.25) is 9.59 Å². The van der Waals surface area contributed by atoms with Crippen molar-refractivity contribution in [3.05, 3.63) is 64.7 Å². The van der Waals surface area contributed by atoms with E-state index in [2.05, 4.69) is 0 Å². The molecular formula is C26H31NO6. The maximum atomic E-state index is 13.1. The molecule has 0 spiro atoms. The van der Waals surface area contributed by atoms with E-state index < -0.39 is 17.7 Å². The molecule has 0 radical (unpaired) electrons. The summed E-state index contributed by atoms with van der Waals surface area (Å²) < 4.78 is 10.8. The van der Waals surface area contributed by atoms with E-state index in [0.29, 0.717) is 36.5 Å². The lowest BCUT2D eigenvalue weighted by atomic mass is 9.93. The Hall–Kier alpha value is -3.32. The maximum Gasteiger partial charge on any atom is 0.295 e. The molecule has 3 rings (SSSR count). The van der Waals surface area contributed by atoms with Crippen molar-refractivity contribution in [1.29, 1.82) is 0 Å². The van der Waals surface area contributed by atoms with Gasteiger partial charge in [-0.05, 0) is 60.7 Å². The number of ketones is 1. The number of nitrogens with zero attached hydrogens (tertiary/aromatic N) is 1. The number of likely N-dealkylation sites (tertiary alicyclic amines) is 1. The first-order valence-electron chi connectivity index (χ1n) is 11.1. The molecule has 2 N–H and O–H groups in total. The fraction of sp³-hybridized carbons (Fsp3) is 0.385. The number of ether oxygens (including phenoxy) is 2. The van der Waals surface area contributed by atoms with E-state index >= 15 is 0 Å². The van der Waals surface area contributed by atoms with Crippen molar-refractivity contribution >= 4 is 17.4 Å². The molecule has 1 fully saturated rings. The number of carbonyl (C=O) groups is 2. The lowest BCUT2D eigenvalue weighted by Crippen LogP contribution is -2.31. The Morgan fingerprint density at radius 3 is 2.55 bits per heavy atom. The summed E-state index contributed by atoms with van der Waals surface area (Å²) in [7, 11) is 1.57. The van der Waals surface area contributed by atoms with Crippen LogP contribution >= 0.6 is 0 Å². The zero-order valence-corrected chi connectivity index (χ0v) is 19.5. The van der Waals surface area contributed by atoms with Gasteiger partial charge in [-0.25, -0.2) is 0 Å². The molecule has 2 aromatic rings. The predicted octanol–water partition coefficient (Wildman–Crippen LogP) is 4.37. The largest absolute Gasteiger partial charge is 0.508 e. The van der Waals surface area contributed by atoms with Crippen LogP contribution in [-0.2, 0) is 14.3 Å². The second-order valence-corrected chi connectivity index (χ2v) is 8.27. The van der Waals surface area contributed by atoms with Crippen molar-refractivity contribution < 1.29 is 29.3 Å². The number of phenolic OH excluding ortho intramolecular Hbond substituents is 1. The Morgan fingerprint density at radius 1 is 1.15 bits per heavy atom. The summed E-state index contributed by atoms with van der Waals surface area (Å²) in [5, 5.41) is 21.3. The van der Waals surface area contributed by atoms with Crippen LogP contribution in [0.3, 0.4) is 0 Å². The van der Waals surface area contributed by atoms with Gasteiger partial charge in [0.05, 0.1) is 18.2 Å². The van der Waals surface area contributed by atoms with Crippen LogP contribution in [0.4, 0.5) is 0 Å². The Morgan fingerprint density at radius 2 is 1.91 bits per heavy atom. The average molecular weight is 454 g/mol. The molecule has 1 atom stereocenters. The normalized spacial score (nSPS) is 17.7. The van der Waals surface area contributed by atoms with Crippen molar-refractivity contribution in [2.45, 2.75) is 39.2 Å². The Balaban J connectivity index is 2.15. The summed E-state index contributed by atoms with van der Waals surface area (Å²) in [6.45, 7) is 7.14. The number of Topliss-reactive ketones (excluding diaryl/α,β-unsaturated/α-hetero) is 1. The van der Waals surface area contributed by atoms with Crippen molar-refractivity contribution in [3.63, 3.8) is 0 Å². The summed E-state index contributed by atoms with van der Waals surface area (Å²) in [6.07, 6.45) is 0.527. The fourth-order valence-electron chi connectivity index (χ4n) is 4.12. The van der Waals surface area contributed by atoms with Crippen LogP contribution in [0.25, 0.3) is 5.76 Å². The van der Waals surface area contributed by atoms with Crippen LogP contribution < -0.4 is 4.74 Å². The number of hydrogen-bond acceptors (Lipinski definition) is 6. The number of aromatic hydroxyl groups is 1. The van der Waals surface area contributed by atoms with Crippen molar-refractivity contribution in [2.75, 3.05) is 26.9 Å². The molecule has 1 saturated heterocycles. The molecule has 1 amide bonds. The molecule has 2 aromatic carbocycles. The van der Waals surface area contributed by atoms with Gasteiger partial charge < -0.3 is 24.6 Å². The standard InChI is InChI=1S/C26H31NO6/c1-5-33-21-11-10-18(15-20(21)16(2)3)24(29)22-23(17-8-6-9-19(28)14-17)27(12-7-13-32-4)26(31)25(22)30/h6,8-11,14-16,23,28-29H,5,7,12-13H2,1-4H3/b24-22-. The second-order valence-electron chi connectivity index (χ2n) is 8.27. The van der Waals surface area contributed by atoms with Gasteiger partial charge in [-0.1, -0.05) is 26.0 Å². The lowest BCUT2D eigenvalue weighted by Gasteiger charge is -2.25. The fourth-order valence-corrected chi connectivity index (χ4v) is 4.12. The first kappa shape index (κ1) is 24.3. The van der Waals surface area contributed by atoms with Gasteiger partial charge in [0.2, 0.25) is 0 Å². The molecule has 0 aliphatic carbocycles. The number of aliphatic hydroxyl groups is 1. The first-order valence-corrected chi connectivity index (χ1v) is 11.1. The van der Waals surface area contributed by atoms with Crippen molar-refractivity contribution in [1.82, 2.24) is 4.90 Å². The minimum absolute atomic E-state index is 0.00174. The molecular weight excluding hydrogens is 422 g/mol. The monoisotopic (exact) mass is 453 g/mol. The Labute approximate surface area is 194 Å². The number of amides is 1. The van der Waals surface area contributed by atoms with Crippen molar-refractivity contribution in [3.8, 4) is 11.5 Å². The summed E-state index contributed by atoms with van der Waals surface area (Å²) in [6, 6.07) is 10.8. The number of carbonyl (C=O) groups excluding carboxylic acids is 2. The number of phenols is 1. The van der Waals surface area contributed by atoms with E-state index in [4.69, 9.17) is 9.47 Å².